The lowest BCUT2D eigenvalue weighted by atomic mass is 10.0. The number of nitrogens with zero attached hydrogens (tertiary/aromatic N) is 2. The Hall–Kier alpha value is -0.910. The van der Waals surface area contributed by atoms with Gasteiger partial charge in [0.05, 0.1) is 4.75 Å². The lowest BCUT2D eigenvalue weighted by Crippen LogP contribution is -2.46. The molecule has 5 nitrogen and oxygen atoms in total. The Morgan fingerprint density at radius 3 is 2.82 bits per heavy atom. The van der Waals surface area contributed by atoms with Crippen molar-refractivity contribution in [2.75, 3.05) is 12.8 Å². The van der Waals surface area contributed by atoms with E-state index in [2.05, 4.69) is 5.16 Å². The number of thioether (sulfide) groups is 1. The van der Waals surface area contributed by atoms with Crippen molar-refractivity contribution in [3.8, 4) is 0 Å². The summed E-state index contributed by atoms with van der Waals surface area (Å²) in [5, 5.41) is 11.5. The molecule has 1 saturated heterocycles. The van der Waals surface area contributed by atoms with Gasteiger partial charge in [-0.2, -0.15) is 0 Å². The van der Waals surface area contributed by atoms with Crippen LogP contribution < -0.4 is 5.73 Å². The third-order valence-electron chi connectivity index (χ3n) is 3.29. The molecule has 1 heterocycles. The molecular formula is C11H21N3O2S. The summed E-state index contributed by atoms with van der Waals surface area (Å²) in [5.41, 5.74) is 5.46. The topological polar surface area (TPSA) is 78.9 Å². The second-order valence-electron chi connectivity index (χ2n) is 4.74. The maximum atomic E-state index is 12.3. The third kappa shape index (κ3) is 3.28. The van der Waals surface area contributed by atoms with Gasteiger partial charge in [0, 0.05) is 19.5 Å². The number of hydrogen-bond donors (Lipinski definition) is 2. The minimum Gasteiger partial charge on any atom is -0.409 e. The molecule has 0 aliphatic carbocycles. The Labute approximate surface area is 106 Å². The summed E-state index contributed by atoms with van der Waals surface area (Å²) in [7, 11) is 1.78. The van der Waals surface area contributed by atoms with Crippen LogP contribution in [0.5, 0.6) is 0 Å². The van der Waals surface area contributed by atoms with Gasteiger partial charge in [0.1, 0.15) is 5.84 Å². The smallest absolute Gasteiger partial charge is 0.238 e. The summed E-state index contributed by atoms with van der Waals surface area (Å²) in [4.78, 5) is 14.0. The van der Waals surface area contributed by atoms with Crippen LogP contribution in [0.25, 0.3) is 0 Å². The van der Waals surface area contributed by atoms with E-state index in [0.717, 1.165) is 18.6 Å². The van der Waals surface area contributed by atoms with Crippen molar-refractivity contribution in [1.82, 2.24) is 4.90 Å². The molecule has 98 valence electrons. The van der Waals surface area contributed by atoms with E-state index in [4.69, 9.17) is 10.9 Å². The van der Waals surface area contributed by atoms with Crippen molar-refractivity contribution < 1.29 is 10.0 Å². The summed E-state index contributed by atoms with van der Waals surface area (Å²) in [5.74, 6) is 1.34. The molecule has 6 heteroatoms. The summed E-state index contributed by atoms with van der Waals surface area (Å²) in [6.45, 7) is 3.90. The number of oxime groups is 1. The predicted octanol–water partition coefficient (Wildman–Crippen LogP) is 1.26. The highest BCUT2D eigenvalue weighted by atomic mass is 32.2. The maximum absolute atomic E-state index is 12.3. The fourth-order valence-corrected chi connectivity index (χ4v) is 3.30. The first-order chi connectivity index (χ1) is 7.90. The second kappa shape index (κ2) is 5.62. The highest BCUT2D eigenvalue weighted by molar-refractivity contribution is 8.01. The zero-order valence-electron chi connectivity index (χ0n) is 10.6. The van der Waals surface area contributed by atoms with Gasteiger partial charge in [-0.15, -0.1) is 11.8 Å². The first kappa shape index (κ1) is 14.2. The number of carbonyl (C=O) groups is 1. The lowest BCUT2D eigenvalue weighted by Gasteiger charge is -2.32. The molecule has 1 aliphatic heterocycles. The van der Waals surface area contributed by atoms with Crippen LogP contribution in [-0.4, -0.2) is 45.4 Å². The average molecular weight is 259 g/mol. The van der Waals surface area contributed by atoms with Crippen molar-refractivity contribution in [1.29, 1.82) is 0 Å². The lowest BCUT2D eigenvalue weighted by molar-refractivity contribution is -0.133. The number of carbonyl (C=O) groups excluding carboxylic acids is 1. The van der Waals surface area contributed by atoms with Crippen LogP contribution in [0.4, 0.5) is 0 Å². The zero-order valence-corrected chi connectivity index (χ0v) is 11.5. The van der Waals surface area contributed by atoms with Gasteiger partial charge in [0.2, 0.25) is 5.91 Å². The van der Waals surface area contributed by atoms with Gasteiger partial charge >= 0.3 is 0 Å². The standard InChI is InChI=1S/C11H21N3O2S/c1-8(7-9(12)13-16)14(3)10(15)11(2)5-4-6-17-11/h8,16H,4-7H2,1-3H3,(H2,12,13). The van der Waals surface area contributed by atoms with E-state index in [-0.39, 0.29) is 22.5 Å². The second-order valence-corrected chi connectivity index (χ2v) is 6.34. The van der Waals surface area contributed by atoms with Crippen LogP contribution in [-0.2, 0) is 4.79 Å². The number of amides is 1. The summed E-state index contributed by atoms with van der Waals surface area (Å²) in [6.07, 6.45) is 2.41. The van der Waals surface area contributed by atoms with Crippen molar-refractivity contribution in [2.45, 2.75) is 43.9 Å². The highest BCUT2D eigenvalue weighted by Gasteiger charge is 2.40. The largest absolute Gasteiger partial charge is 0.409 e. The Kier molecular flexibility index (Phi) is 4.68. The zero-order chi connectivity index (χ0) is 13.1. The Morgan fingerprint density at radius 2 is 2.35 bits per heavy atom. The summed E-state index contributed by atoms with van der Waals surface area (Å²) in [6, 6.07) is -0.0589. The molecule has 0 spiro atoms. The molecule has 3 N–H and O–H groups in total. The van der Waals surface area contributed by atoms with Crippen LogP contribution >= 0.6 is 11.8 Å². The quantitative estimate of drug-likeness (QED) is 0.345. The van der Waals surface area contributed by atoms with Gasteiger partial charge in [-0.1, -0.05) is 5.16 Å². The van der Waals surface area contributed by atoms with Crippen molar-refractivity contribution in [2.24, 2.45) is 10.9 Å². The summed E-state index contributed by atoms with van der Waals surface area (Å²) >= 11 is 1.72. The number of amidine groups is 1. The molecule has 1 rings (SSSR count). The van der Waals surface area contributed by atoms with E-state index in [1.54, 1.807) is 23.7 Å². The van der Waals surface area contributed by atoms with E-state index >= 15 is 0 Å². The normalized spacial score (nSPS) is 26.9. The molecule has 2 unspecified atom stereocenters. The molecular weight excluding hydrogens is 238 g/mol. The van der Waals surface area contributed by atoms with E-state index in [0.29, 0.717) is 6.42 Å². The number of hydrogen-bond acceptors (Lipinski definition) is 4. The molecule has 0 aromatic rings. The minimum atomic E-state index is -0.297. The number of nitrogens with two attached hydrogens (primary N) is 1. The van der Waals surface area contributed by atoms with Gasteiger partial charge in [-0.25, -0.2) is 0 Å². The fraction of sp³-hybridized carbons (Fsp3) is 0.818. The monoisotopic (exact) mass is 259 g/mol. The summed E-state index contributed by atoms with van der Waals surface area (Å²) < 4.78 is -0.297. The van der Waals surface area contributed by atoms with E-state index in [1.165, 1.54) is 0 Å². The van der Waals surface area contributed by atoms with E-state index < -0.39 is 0 Å². The molecule has 2 atom stereocenters. The van der Waals surface area contributed by atoms with Crippen LogP contribution in [0.3, 0.4) is 0 Å². The molecule has 1 fully saturated rings. The highest BCUT2D eigenvalue weighted by Crippen LogP contribution is 2.39. The minimum absolute atomic E-state index is 0.0589. The van der Waals surface area contributed by atoms with Crippen molar-refractivity contribution in [3.05, 3.63) is 0 Å². The van der Waals surface area contributed by atoms with Crippen LogP contribution in [0.2, 0.25) is 0 Å². The average Bonchev–Trinajstić information content (AvgIpc) is 2.75. The Morgan fingerprint density at radius 1 is 1.71 bits per heavy atom. The predicted molar refractivity (Wildman–Crippen MR) is 70.4 cm³/mol. The van der Waals surface area contributed by atoms with Crippen LogP contribution in [0, 0.1) is 0 Å². The van der Waals surface area contributed by atoms with Gasteiger partial charge in [-0.05, 0) is 32.4 Å². The SMILES string of the molecule is CC(CC(N)=NO)N(C)C(=O)C1(C)CCCS1. The molecule has 0 saturated carbocycles. The van der Waals surface area contributed by atoms with Crippen molar-refractivity contribution in [3.63, 3.8) is 0 Å². The first-order valence-electron chi connectivity index (χ1n) is 5.78. The van der Waals surface area contributed by atoms with Gasteiger partial charge in [-0.3, -0.25) is 4.79 Å². The fourth-order valence-electron chi connectivity index (χ4n) is 2.00. The molecule has 17 heavy (non-hydrogen) atoms. The van der Waals surface area contributed by atoms with Crippen molar-refractivity contribution >= 4 is 23.5 Å². The first-order valence-corrected chi connectivity index (χ1v) is 6.77. The molecule has 0 bridgehead atoms. The Balaban J connectivity index is 2.62. The van der Waals surface area contributed by atoms with Crippen LogP contribution in [0.1, 0.15) is 33.1 Å². The van der Waals surface area contributed by atoms with Gasteiger partial charge < -0.3 is 15.8 Å². The molecule has 0 aromatic carbocycles. The van der Waals surface area contributed by atoms with Gasteiger partial charge in [0.15, 0.2) is 0 Å². The van der Waals surface area contributed by atoms with Crippen LogP contribution in [0.15, 0.2) is 5.16 Å². The van der Waals surface area contributed by atoms with E-state index in [1.807, 2.05) is 13.8 Å². The molecule has 1 aliphatic rings. The maximum Gasteiger partial charge on any atom is 0.238 e. The molecule has 1 amide bonds. The third-order valence-corrected chi connectivity index (χ3v) is 4.79. The van der Waals surface area contributed by atoms with E-state index in [9.17, 15) is 4.79 Å². The molecule has 0 aromatic heterocycles. The number of rotatable bonds is 4. The van der Waals surface area contributed by atoms with Gasteiger partial charge in [0.25, 0.3) is 0 Å². The molecule has 0 radical (unpaired) electrons. The Bertz CT molecular complexity index is 314.